The number of rotatable bonds is 6. The van der Waals surface area contributed by atoms with Crippen LogP contribution >= 0.6 is 11.8 Å². The first-order chi connectivity index (χ1) is 14.1. The third kappa shape index (κ3) is 4.22. The predicted molar refractivity (Wildman–Crippen MR) is 115 cm³/mol. The van der Waals surface area contributed by atoms with E-state index in [1.807, 2.05) is 60.7 Å². The van der Waals surface area contributed by atoms with Gasteiger partial charge < -0.3 is 5.32 Å². The largest absolute Gasteiger partial charge is 0.325 e. The van der Waals surface area contributed by atoms with Gasteiger partial charge in [0.25, 0.3) is 5.91 Å². The molecule has 5 nitrogen and oxygen atoms in total. The quantitative estimate of drug-likeness (QED) is 0.621. The van der Waals surface area contributed by atoms with Gasteiger partial charge in [-0.25, -0.2) is 4.98 Å². The number of amides is 2. The molecular weight excluding hydrogens is 382 g/mol. The van der Waals surface area contributed by atoms with Crippen molar-refractivity contribution < 1.29 is 9.59 Å². The van der Waals surface area contributed by atoms with Gasteiger partial charge in [-0.1, -0.05) is 43.0 Å². The van der Waals surface area contributed by atoms with Crippen LogP contribution in [0.4, 0.5) is 5.69 Å². The fourth-order valence-corrected chi connectivity index (χ4v) is 3.98. The molecule has 2 amide bonds. The van der Waals surface area contributed by atoms with Crippen LogP contribution < -0.4 is 5.32 Å². The van der Waals surface area contributed by atoms with Crippen LogP contribution in [0.1, 0.15) is 21.5 Å². The molecular formula is C23H19N3O2S. The topological polar surface area (TPSA) is 62.3 Å². The van der Waals surface area contributed by atoms with E-state index in [1.54, 1.807) is 24.0 Å². The van der Waals surface area contributed by atoms with Crippen molar-refractivity contribution in [2.75, 3.05) is 11.9 Å². The van der Waals surface area contributed by atoms with Crippen molar-refractivity contribution in [1.82, 2.24) is 9.88 Å². The summed E-state index contributed by atoms with van der Waals surface area (Å²) in [6.07, 6.45) is 1.77. The number of fused-ring (bicyclic) bond motifs is 1. The van der Waals surface area contributed by atoms with Gasteiger partial charge in [0.2, 0.25) is 5.91 Å². The van der Waals surface area contributed by atoms with E-state index < -0.39 is 0 Å². The molecule has 4 rings (SSSR count). The second-order valence-corrected chi connectivity index (χ2v) is 7.58. The maximum absolute atomic E-state index is 12.5. The molecule has 0 bridgehead atoms. The molecule has 144 valence electrons. The second-order valence-electron chi connectivity index (χ2n) is 6.59. The Bertz CT molecular complexity index is 1050. The van der Waals surface area contributed by atoms with Crippen molar-refractivity contribution in [3.05, 3.63) is 96.2 Å². The standard InChI is InChI=1S/C23H19N3O2S/c1-16-19-9-2-3-10-20(19)23(28)26(16)14-21(27)25-18-8-6-7-17(13-18)15-29-22-11-4-5-12-24-22/h2-13H,1,14-15H2,(H,25,27). The number of benzene rings is 2. The predicted octanol–water partition coefficient (Wildman–Crippen LogP) is 4.44. The molecule has 1 aliphatic rings. The summed E-state index contributed by atoms with van der Waals surface area (Å²) in [5, 5.41) is 3.83. The number of anilines is 1. The zero-order valence-electron chi connectivity index (χ0n) is 15.7. The first-order valence-electron chi connectivity index (χ1n) is 9.14. The highest BCUT2D eigenvalue weighted by atomic mass is 32.2. The number of nitrogens with zero attached hydrogens (tertiary/aromatic N) is 2. The van der Waals surface area contributed by atoms with Crippen molar-refractivity contribution in [3.8, 4) is 0 Å². The van der Waals surface area contributed by atoms with Crippen LogP contribution in [0.25, 0.3) is 5.70 Å². The van der Waals surface area contributed by atoms with Crippen molar-refractivity contribution in [2.24, 2.45) is 0 Å². The molecule has 2 heterocycles. The molecule has 0 saturated carbocycles. The second kappa shape index (κ2) is 8.32. The minimum atomic E-state index is -0.262. The number of aromatic nitrogens is 1. The summed E-state index contributed by atoms with van der Waals surface area (Å²) in [7, 11) is 0. The Morgan fingerprint density at radius 1 is 1.03 bits per heavy atom. The van der Waals surface area contributed by atoms with Crippen LogP contribution in [-0.4, -0.2) is 28.2 Å². The first kappa shape index (κ1) is 19.0. The van der Waals surface area contributed by atoms with Gasteiger partial charge in [-0.2, -0.15) is 0 Å². The molecule has 0 saturated heterocycles. The Hall–Kier alpha value is -3.38. The molecule has 0 fully saturated rings. The van der Waals surface area contributed by atoms with E-state index in [0.717, 1.165) is 21.9 Å². The van der Waals surface area contributed by atoms with E-state index in [1.165, 1.54) is 4.90 Å². The van der Waals surface area contributed by atoms with Gasteiger partial charge in [0.05, 0.1) is 5.03 Å². The van der Waals surface area contributed by atoms with E-state index in [0.29, 0.717) is 16.9 Å². The summed E-state index contributed by atoms with van der Waals surface area (Å²) in [4.78, 5) is 30.8. The number of hydrogen-bond acceptors (Lipinski definition) is 4. The lowest BCUT2D eigenvalue weighted by Crippen LogP contribution is -2.32. The van der Waals surface area contributed by atoms with E-state index in [9.17, 15) is 9.59 Å². The van der Waals surface area contributed by atoms with Crippen LogP contribution in [0, 0.1) is 0 Å². The lowest BCUT2D eigenvalue weighted by atomic mass is 10.1. The van der Waals surface area contributed by atoms with Crippen molar-refractivity contribution in [2.45, 2.75) is 10.8 Å². The van der Waals surface area contributed by atoms with E-state index in [-0.39, 0.29) is 18.4 Å². The maximum Gasteiger partial charge on any atom is 0.259 e. The Kier molecular flexibility index (Phi) is 5.44. The molecule has 2 aromatic carbocycles. The smallest absolute Gasteiger partial charge is 0.259 e. The highest BCUT2D eigenvalue weighted by Crippen LogP contribution is 2.31. The molecule has 0 aliphatic carbocycles. The SMILES string of the molecule is C=C1c2ccccc2C(=O)N1CC(=O)Nc1cccc(CSc2ccccn2)c1. The summed E-state index contributed by atoms with van der Waals surface area (Å²) in [6, 6.07) is 20.8. The summed E-state index contributed by atoms with van der Waals surface area (Å²) in [6.45, 7) is 3.90. The van der Waals surface area contributed by atoms with E-state index >= 15 is 0 Å². The average molecular weight is 401 g/mol. The number of pyridine rings is 1. The fraction of sp³-hybridized carbons (Fsp3) is 0.0870. The van der Waals surface area contributed by atoms with Gasteiger partial charge in [0, 0.05) is 34.5 Å². The van der Waals surface area contributed by atoms with Crippen LogP contribution in [0.5, 0.6) is 0 Å². The number of thioether (sulfide) groups is 1. The number of carbonyl (C=O) groups is 2. The molecule has 0 atom stereocenters. The van der Waals surface area contributed by atoms with Gasteiger partial charge in [0.15, 0.2) is 0 Å². The molecule has 3 aromatic rings. The van der Waals surface area contributed by atoms with Crippen LogP contribution in [0.3, 0.4) is 0 Å². The van der Waals surface area contributed by atoms with E-state index in [2.05, 4.69) is 16.9 Å². The summed E-state index contributed by atoms with van der Waals surface area (Å²) in [5.74, 6) is 0.292. The zero-order valence-corrected chi connectivity index (χ0v) is 16.5. The maximum atomic E-state index is 12.5. The third-order valence-corrected chi connectivity index (χ3v) is 5.59. The highest BCUT2D eigenvalue weighted by molar-refractivity contribution is 7.98. The molecule has 6 heteroatoms. The Morgan fingerprint density at radius 2 is 1.83 bits per heavy atom. The monoisotopic (exact) mass is 401 g/mol. The fourth-order valence-electron chi connectivity index (χ4n) is 3.17. The van der Waals surface area contributed by atoms with Gasteiger partial charge in [0.1, 0.15) is 6.54 Å². The van der Waals surface area contributed by atoms with Gasteiger partial charge in [-0.3, -0.25) is 14.5 Å². The Morgan fingerprint density at radius 3 is 2.59 bits per heavy atom. The molecule has 29 heavy (non-hydrogen) atoms. The molecule has 1 aromatic heterocycles. The first-order valence-corrected chi connectivity index (χ1v) is 10.1. The van der Waals surface area contributed by atoms with E-state index in [4.69, 9.17) is 0 Å². The number of nitrogens with one attached hydrogen (secondary N) is 1. The Labute approximate surface area is 173 Å². The van der Waals surface area contributed by atoms with Gasteiger partial charge in [-0.05, 0) is 35.9 Å². The normalized spacial score (nSPS) is 12.8. The minimum Gasteiger partial charge on any atom is -0.325 e. The number of hydrogen-bond donors (Lipinski definition) is 1. The molecule has 0 radical (unpaired) electrons. The molecule has 0 spiro atoms. The van der Waals surface area contributed by atoms with Crippen molar-refractivity contribution in [1.29, 1.82) is 0 Å². The minimum absolute atomic E-state index is 0.0702. The Balaban J connectivity index is 1.38. The van der Waals surface area contributed by atoms with Crippen LogP contribution in [0.2, 0.25) is 0 Å². The highest BCUT2D eigenvalue weighted by Gasteiger charge is 2.31. The molecule has 0 unspecified atom stereocenters. The third-order valence-electron chi connectivity index (χ3n) is 4.58. The lowest BCUT2D eigenvalue weighted by molar-refractivity contribution is -0.116. The average Bonchev–Trinajstić information content (AvgIpc) is 2.98. The zero-order chi connectivity index (χ0) is 20.2. The van der Waals surface area contributed by atoms with Crippen LogP contribution in [-0.2, 0) is 10.5 Å². The summed E-state index contributed by atoms with van der Waals surface area (Å²) < 4.78 is 0. The van der Waals surface area contributed by atoms with Gasteiger partial charge >= 0.3 is 0 Å². The summed E-state index contributed by atoms with van der Waals surface area (Å²) >= 11 is 1.63. The van der Waals surface area contributed by atoms with Gasteiger partial charge in [-0.15, -0.1) is 11.8 Å². The van der Waals surface area contributed by atoms with Crippen molar-refractivity contribution >= 4 is 35.0 Å². The van der Waals surface area contributed by atoms with Crippen LogP contribution in [0.15, 0.2) is 84.5 Å². The molecule has 1 N–H and O–H groups in total. The summed E-state index contributed by atoms with van der Waals surface area (Å²) in [5.41, 5.74) is 3.69. The number of carbonyl (C=O) groups excluding carboxylic acids is 2. The lowest BCUT2D eigenvalue weighted by Gasteiger charge is -2.17. The molecule has 1 aliphatic heterocycles. The van der Waals surface area contributed by atoms with Crippen molar-refractivity contribution in [3.63, 3.8) is 0 Å².